The molecule has 8 atom stereocenters. The third-order valence-corrected chi connectivity index (χ3v) is 10.4. The molecule has 0 bridgehead atoms. The molecule has 168 valence electrons. The zero-order chi connectivity index (χ0) is 21.2. The maximum Gasteiger partial charge on any atom is 0.305 e. The summed E-state index contributed by atoms with van der Waals surface area (Å²) >= 11 is 0. The molecular weight excluding hydrogens is 356 g/mol. The van der Waals surface area contributed by atoms with Gasteiger partial charge in [0, 0.05) is 6.42 Å². The van der Waals surface area contributed by atoms with Crippen LogP contribution in [0.15, 0.2) is 0 Å². The average Bonchev–Trinajstić information content (AvgIpc) is 3.10. The van der Waals surface area contributed by atoms with E-state index in [4.69, 9.17) is 4.74 Å². The fourth-order valence-electron chi connectivity index (χ4n) is 8.92. The Morgan fingerprint density at radius 1 is 0.931 bits per heavy atom. The van der Waals surface area contributed by atoms with Crippen LogP contribution in [-0.4, -0.2) is 13.1 Å². The van der Waals surface area contributed by atoms with Gasteiger partial charge in [-0.25, -0.2) is 0 Å². The molecule has 29 heavy (non-hydrogen) atoms. The highest BCUT2D eigenvalue weighted by atomic mass is 16.5. The van der Waals surface area contributed by atoms with E-state index in [-0.39, 0.29) is 5.97 Å². The highest BCUT2D eigenvalue weighted by molar-refractivity contribution is 5.69. The molecule has 2 nitrogen and oxygen atoms in total. The van der Waals surface area contributed by atoms with E-state index in [1.807, 2.05) is 13.8 Å². The van der Waals surface area contributed by atoms with E-state index >= 15 is 0 Å². The van der Waals surface area contributed by atoms with Crippen molar-refractivity contribution < 1.29 is 9.53 Å². The molecule has 4 fully saturated rings. The second-order valence-electron chi connectivity index (χ2n) is 11.2. The van der Waals surface area contributed by atoms with E-state index in [1.165, 1.54) is 71.3 Å². The Hall–Kier alpha value is -0.530. The first kappa shape index (κ1) is 23.1. The highest BCUT2D eigenvalue weighted by Gasteiger charge is 2.60. The van der Waals surface area contributed by atoms with Gasteiger partial charge in [0.25, 0.3) is 0 Å². The van der Waals surface area contributed by atoms with E-state index in [2.05, 4.69) is 20.8 Å². The lowest BCUT2D eigenvalue weighted by atomic mass is 9.44. The van der Waals surface area contributed by atoms with Gasteiger partial charge in [-0.15, -0.1) is 0 Å². The minimum atomic E-state index is -0.0335. The summed E-state index contributed by atoms with van der Waals surface area (Å²) in [7, 11) is 1.52. The maximum atomic E-state index is 11.6. The summed E-state index contributed by atoms with van der Waals surface area (Å²) in [5, 5.41) is 0. The molecule has 0 spiro atoms. The molecule has 0 amide bonds. The molecule has 0 N–H and O–H groups in total. The molecule has 6 unspecified atom stereocenters. The largest absolute Gasteiger partial charge is 0.469 e. The number of ether oxygens (including phenoxy) is 1. The van der Waals surface area contributed by atoms with Crippen molar-refractivity contribution in [3.8, 4) is 0 Å². The van der Waals surface area contributed by atoms with Crippen LogP contribution in [-0.2, 0) is 9.53 Å². The van der Waals surface area contributed by atoms with Gasteiger partial charge in [-0.2, -0.15) is 0 Å². The van der Waals surface area contributed by atoms with Crippen molar-refractivity contribution in [2.75, 3.05) is 7.11 Å². The summed E-state index contributed by atoms with van der Waals surface area (Å²) < 4.78 is 4.89. The Balaban J connectivity index is 0.00000117. The molecule has 0 aromatic heterocycles. The summed E-state index contributed by atoms with van der Waals surface area (Å²) in [5.41, 5.74) is 1.17. The minimum Gasteiger partial charge on any atom is -0.469 e. The molecule has 4 aliphatic rings. The minimum absolute atomic E-state index is 0.0335. The standard InChI is InChI=1S/C25H42O2.C2H6/c1-17(8-13-23(26)27-4)20-11-12-21-19-10-9-18-7-5-6-15-24(18,2)22(19)14-16-25(20,21)3;1-2/h17-22H,5-16H2,1-4H3;1-2H3/t17?,18-,19?,20?,21?,22?,24?,25+;/m0./s1. The van der Waals surface area contributed by atoms with Gasteiger partial charge >= 0.3 is 5.97 Å². The average molecular weight is 405 g/mol. The first-order valence-corrected chi connectivity index (χ1v) is 13.0. The Morgan fingerprint density at radius 3 is 2.38 bits per heavy atom. The van der Waals surface area contributed by atoms with Crippen molar-refractivity contribution in [1.29, 1.82) is 0 Å². The van der Waals surface area contributed by atoms with Gasteiger partial charge in [0.15, 0.2) is 0 Å². The van der Waals surface area contributed by atoms with Gasteiger partial charge in [0.1, 0.15) is 0 Å². The van der Waals surface area contributed by atoms with E-state index in [0.29, 0.717) is 23.2 Å². The van der Waals surface area contributed by atoms with E-state index < -0.39 is 0 Å². The van der Waals surface area contributed by atoms with Gasteiger partial charge < -0.3 is 4.74 Å². The van der Waals surface area contributed by atoms with Gasteiger partial charge in [-0.3, -0.25) is 4.79 Å². The van der Waals surface area contributed by atoms with Crippen LogP contribution in [0.1, 0.15) is 112 Å². The van der Waals surface area contributed by atoms with Crippen LogP contribution in [0.2, 0.25) is 0 Å². The Kier molecular flexibility index (Phi) is 7.43. The number of methoxy groups -OCH3 is 1. The van der Waals surface area contributed by atoms with Gasteiger partial charge in [0.05, 0.1) is 7.11 Å². The van der Waals surface area contributed by atoms with Gasteiger partial charge in [0.2, 0.25) is 0 Å². The smallest absolute Gasteiger partial charge is 0.305 e. The molecule has 4 rings (SSSR count). The quantitative estimate of drug-likeness (QED) is 0.450. The predicted molar refractivity (Wildman–Crippen MR) is 122 cm³/mol. The molecule has 0 heterocycles. The second-order valence-corrected chi connectivity index (χ2v) is 11.2. The lowest BCUT2D eigenvalue weighted by molar-refractivity contribution is -0.141. The molecule has 0 radical (unpaired) electrons. The second kappa shape index (κ2) is 9.31. The topological polar surface area (TPSA) is 26.3 Å². The monoisotopic (exact) mass is 404 g/mol. The van der Waals surface area contributed by atoms with E-state index in [1.54, 1.807) is 0 Å². The SMILES string of the molecule is CC.COC(=O)CCC(C)C1CCC2C3CC[C@@H]4CCCCC4(C)C3CC[C@]12C. The van der Waals surface area contributed by atoms with Crippen LogP contribution in [0, 0.1) is 46.3 Å². The predicted octanol–water partition coefficient (Wildman–Crippen LogP) is 7.65. The van der Waals surface area contributed by atoms with Crippen molar-refractivity contribution in [2.24, 2.45) is 46.3 Å². The van der Waals surface area contributed by atoms with Crippen LogP contribution in [0.3, 0.4) is 0 Å². The van der Waals surface area contributed by atoms with Crippen molar-refractivity contribution in [3.63, 3.8) is 0 Å². The lowest BCUT2D eigenvalue weighted by Crippen LogP contribution is -2.53. The van der Waals surface area contributed by atoms with Crippen LogP contribution in [0.5, 0.6) is 0 Å². The number of esters is 1. The van der Waals surface area contributed by atoms with Crippen LogP contribution < -0.4 is 0 Å². The van der Waals surface area contributed by atoms with Crippen LogP contribution >= 0.6 is 0 Å². The Bertz CT molecular complexity index is 557. The van der Waals surface area contributed by atoms with E-state index in [9.17, 15) is 4.79 Å². The Labute approximate surface area is 180 Å². The van der Waals surface area contributed by atoms with Crippen molar-refractivity contribution in [1.82, 2.24) is 0 Å². The molecule has 0 saturated heterocycles. The third kappa shape index (κ3) is 4.03. The fraction of sp³-hybridized carbons (Fsp3) is 0.963. The molecule has 0 aromatic rings. The number of carbonyl (C=O) groups is 1. The summed E-state index contributed by atoms with van der Waals surface area (Å²) in [4.78, 5) is 11.6. The summed E-state index contributed by atoms with van der Waals surface area (Å²) in [6.45, 7) is 11.7. The van der Waals surface area contributed by atoms with Crippen molar-refractivity contribution in [3.05, 3.63) is 0 Å². The molecule has 4 saturated carbocycles. The number of fused-ring (bicyclic) bond motifs is 5. The van der Waals surface area contributed by atoms with Crippen LogP contribution in [0.25, 0.3) is 0 Å². The molecule has 4 aliphatic carbocycles. The van der Waals surface area contributed by atoms with Gasteiger partial charge in [-0.1, -0.05) is 47.5 Å². The number of rotatable bonds is 4. The molecular formula is C27H48O2. The fourth-order valence-corrected chi connectivity index (χ4v) is 8.92. The maximum absolute atomic E-state index is 11.6. The molecule has 2 heteroatoms. The number of carbonyl (C=O) groups excluding carboxylic acids is 1. The summed E-state index contributed by atoms with van der Waals surface area (Å²) in [6.07, 6.45) is 16.4. The highest BCUT2D eigenvalue weighted by Crippen LogP contribution is 2.68. The first-order chi connectivity index (χ1) is 13.9. The zero-order valence-electron chi connectivity index (χ0n) is 20.3. The Morgan fingerprint density at radius 2 is 1.66 bits per heavy atom. The van der Waals surface area contributed by atoms with Crippen molar-refractivity contribution >= 4 is 5.97 Å². The lowest BCUT2D eigenvalue weighted by Gasteiger charge is -2.61. The molecule has 0 aliphatic heterocycles. The summed E-state index contributed by atoms with van der Waals surface area (Å²) in [5.74, 6) is 5.38. The zero-order valence-corrected chi connectivity index (χ0v) is 20.3. The normalized spacial score (nSPS) is 44.4. The molecule has 0 aromatic carbocycles. The van der Waals surface area contributed by atoms with E-state index in [0.717, 1.165) is 36.0 Å². The third-order valence-electron chi connectivity index (χ3n) is 10.4. The van der Waals surface area contributed by atoms with Crippen molar-refractivity contribution in [2.45, 2.75) is 112 Å². The first-order valence-electron chi connectivity index (χ1n) is 13.0. The number of hydrogen-bond donors (Lipinski definition) is 0. The summed E-state index contributed by atoms with van der Waals surface area (Å²) in [6, 6.07) is 0. The van der Waals surface area contributed by atoms with Gasteiger partial charge in [-0.05, 0) is 104 Å². The van der Waals surface area contributed by atoms with Crippen LogP contribution in [0.4, 0.5) is 0 Å². The number of hydrogen-bond acceptors (Lipinski definition) is 2.